The first-order valence-electron chi connectivity index (χ1n) is 12.0. The summed E-state index contributed by atoms with van der Waals surface area (Å²) in [7, 11) is 0. The van der Waals surface area contributed by atoms with Crippen LogP contribution < -0.4 is 10.4 Å². The third-order valence-electron chi connectivity index (χ3n) is 4.93. The highest BCUT2D eigenvalue weighted by atomic mass is 16.9. The topological polar surface area (TPSA) is 84.4 Å². The molecule has 6 nitrogen and oxygen atoms in total. The molecule has 0 aliphatic carbocycles. The van der Waals surface area contributed by atoms with E-state index >= 15 is 0 Å². The Morgan fingerprint density at radius 3 is 1.48 bits per heavy atom. The molecule has 29 heavy (non-hydrogen) atoms. The number of rotatable bonds is 23. The van der Waals surface area contributed by atoms with E-state index in [-0.39, 0.29) is 6.54 Å². The van der Waals surface area contributed by atoms with Gasteiger partial charge in [-0.05, 0) is 19.3 Å². The molecule has 0 atom stereocenters. The number of carboxylic acid groups (broad SMARTS) is 1. The van der Waals surface area contributed by atoms with E-state index in [9.17, 15) is 9.90 Å². The molecule has 0 radical (unpaired) electrons. The number of carboxylic acids is 1. The van der Waals surface area contributed by atoms with Crippen LogP contribution in [-0.4, -0.2) is 44.9 Å². The average Bonchev–Trinajstić information content (AvgIpc) is 2.70. The lowest BCUT2D eigenvalue weighted by Crippen LogP contribution is -2.87. The summed E-state index contributed by atoms with van der Waals surface area (Å²) in [5.74, 6) is -2.12. The standard InChI is InChI=1S/C23H47NO5/c1-4-7-10-13-18-27-23(16-17-24-21-22(25)26,28-19-14-11-8-5-2)29-20-15-12-9-6-3/h24H,4-21H2,1-3H3,(H,25,26). The number of ether oxygens (including phenoxy) is 3. The molecule has 0 bridgehead atoms. The molecule has 0 aromatic carbocycles. The van der Waals surface area contributed by atoms with Crippen molar-refractivity contribution in [1.29, 1.82) is 0 Å². The van der Waals surface area contributed by atoms with Gasteiger partial charge in [-0.1, -0.05) is 78.6 Å². The summed E-state index contributed by atoms with van der Waals surface area (Å²) in [5.41, 5.74) is 0. The minimum Gasteiger partial charge on any atom is -0.544 e. The maximum atomic E-state index is 10.7. The molecule has 0 aliphatic rings. The smallest absolute Gasteiger partial charge is 0.288 e. The van der Waals surface area contributed by atoms with Crippen LogP contribution in [0.3, 0.4) is 0 Å². The number of nitrogens with two attached hydrogens (primary N) is 1. The molecular weight excluding hydrogens is 370 g/mol. The third-order valence-corrected chi connectivity index (χ3v) is 4.93. The van der Waals surface area contributed by atoms with Gasteiger partial charge in [-0.2, -0.15) is 0 Å². The van der Waals surface area contributed by atoms with Crippen molar-refractivity contribution in [1.82, 2.24) is 0 Å². The van der Waals surface area contributed by atoms with Gasteiger partial charge in [0.2, 0.25) is 0 Å². The molecule has 0 spiro atoms. The lowest BCUT2D eigenvalue weighted by molar-refractivity contribution is -0.656. The monoisotopic (exact) mass is 417 g/mol. The average molecular weight is 418 g/mol. The highest BCUT2D eigenvalue weighted by Gasteiger charge is 2.34. The second kappa shape index (κ2) is 20.6. The number of hydrogen-bond acceptors (Lipinski definition) is 5. The Labute approximate surface area is 179 Å². The third kappa shape index (κ3) is 17.8. The predicted octanol–water partition coefficient (Wildman–Crippen LogP) is 3.13. The van der Waals surface area contributed by atoms with Gasteiger partial charge in [0.1, 0.15) is 6.54 Å². The van der Waals surface area contributed by atoms with Crippen LogP contribution in [0.2, 0.25) is 0 Å². The number of unbranched alkanes of at least 4 members (excludes halogenated alkanes) is 9. The molecule has 0 rings (SSSR count). The lowest BCUT2D eigenvalue weighted by Gasteiger charge is -2.33. The van der Waals surface area contributed by atoms with Crippen molar-refractivity contribution in [2.45, 2.75) is 110 Å². The first kappa shape index (κ1) is 28.3. The van der Waals surface area contributed by atoms with Gasteiger partial charge in [0.05, 0.1) is 38.8 Å². The highest BCUT2D eigenvalue weighted by Crippen LogP contribution is 2.22. The minimum atomic E-state index is -1.06. The van der Waals surface area contributed by atoms with Crippen molar-refractivity contribution in [2.75, 3.05) is 32.9 Å². The van der Waals surface area contributed by atoms with E-state index in [2.05, 4.69) is 20.8 Å². The molecule has 0 fully saturated rings. The largest absolute Gasteiger partial charge is 0.544 e. The Hall–Kier alpha value is -0.690. The van der Waals surface area contributed by atoms with Crippen LogP contribution in [0.5, 0.6) is 0 Å². The van der Waals surface area contributed by atoms with Gasteiger partial charge < -0.3 is 29.4 Å². The van der Waals surface area contributed by atoms with E-state index in [1.165, 1.54) is 38.5 Å². The van der Waals surface area contributed by atoms with E-state index in [4.69, 9.17) is 14.2 Å². The van der Waals surface area contributed by atoms with Gasteiger partial charge in [0, 0.05) is 0 Å². The van der Waals surface area contributed by atoms with E-state index in [1.54, 1.807) is 5.32 Å². The Morgan fingerprint density at radius 1 is 0.724 bits per heavy atom. The summed E-state index contributed by atoms with van der Waals surface area (Å²) in [6.07, 6.45) is 14.0. The summed E-state index contributed by atoms with van der Waals surface area (Å²) in [6, 6.07) is 0. The van der Waals surface area contributed by atoms with Crippen LogP contribution in [0.15, 0.2) is 0 Å². The van der Waals surface area contributed by atoms with Gasteiger partial charge in [0.15, 0.2) is 0 Å². The van der Waals surface area contributed by atoms with Gasteiger partial charge in [0.25, 0.3) is 5.97 Å². The van der Waals surface area contributed by atoms with Crippen molar-refractivity contribution in [3.8, 4) is 0 Å². The van der Waals surface area contributed by atoms with Crippen LogP contribution in [0.1, 0.15) is 104 Å². The van der Waals surface area contributed by atoms with Crippen LogP contribution in [0, 0.1) is 0 Å². The van der Waals surface area contributed by atoms with Crippen LogP contribution in [0.4, 0.5) is 0 Å². The summed E-state index contributed by atoms with van der Waals surface area (Å²) < 4.78 is 18.5. The van der Waals surface area contributed by atoms with Crippen molar-refractivity contribution in [3.63, 3.8) is 0 Å². The zero-order valence-corrected chi connectivity index (χ0v) is 19.3. The van der Waals surface area contributed by atoms with Crippen LogP contribution in [-0.2, 0) is 19.0 Å². The first-order chi connectivity index (χ1) is 14.1. The molecule has 6 heteroatoms. The SMILES string of the molecule is CCCCCCOC(CC[NH2+]CC(=O)[O-])(OCCCCCC)OCCCCCC. The van der Waals surface area contributed by atoms with E-state index in [1.807, 2.05) is 0 Å². The van der Waals surface area contributed by atoms with Crippen molar-refractivity contribution >= 4 is 5.97 Å². The second-order valence-electron chi connectivity index (χ2n) is 7.81. The summed E-state index contributed by atoms with van der Waals surface area (Å²) >= 11 is 0. The Bertz CT molecular complexity index is 329. The molecule has 0 heterocycles. The first-order valence-corrected chi connectivity index (χ1v) is 12.0. The van der Waals surface area contributed by atoms with Crippen molar-refractivity contribution in [2.24, 2.45) is 0 Å². The second-order valence-corrected chi connectivity index (χ2v) is 7.81. The minimum absolute atomic E-state index is 0.0560. The van der Waals surface area contributed by atoms with Gasteiger partial charge >= 0.3 is 0 Å². The zero-order valence-electron chi connectivity index (χ0n) is 19.3. The molecule has 174 valence electrons. The van der Waals surface area contributed by atoms with Crippen molar-refractivity contribution in [3.05, 3.63) is 0 Å². The fraction of sp³-hybridized carbons (Fsp3) is 0.957. The molecule has 2 N–H and O–H groups in total. The number of quaternary nitrogens is 1. The molecule has 0 aliphatic heterocycles. The lowest BCUT2D eigenvalue weighted by atomic mass is 10.2. The predicted molar refractivity (Wildman–Crippen MR) is 114 cm³/mol. The van der Waals surface area contributed by atoms with E-state index in [0.717, 1.165) is 38.5 Å². The Balaban J connectivity index is 4.75. The molecule has 0 amide bonds. The fourth-order valence-corrected chi connectivity index (χ4v) is 3.11. The van der Waals surface area contributed by atoms with Gasteiger partial charge in [-0.25, -0.2) is 0 Å². The number of carbonyl (C=O) groups is 1. The summed E-state index contributed by atoms with van der Waals surface area (Å²) in [5, 5.41) is 12.4. The van der Waals surface area contributed by atoms with E-state index < -0.39 is 11.9 Å². The molecular formula is C23H47NO5. The van der Waals surface area contributed by atoms with E-state index in [0.29, 0.717) is 32.8 Å². The fourth-order valence-electron chi connectivity index (χ4n) is 3.11. The Kier molecular flexibility index (Phi) is 20.1. The highest BCUT2D eigenvalue weighted by molar-refractivity contribution is 5.64. The number of aliphatic carboxylic acids is 1. The van der Waals surface area contributed by atoms with Gasteiger partial charge in [-0.15, -0.1) is 0 Å². The summed E-state index contributed by atoms with van der Waals surface area (Å²) in [6.45, 7) is 8.89. The van der Waals surface area contributed by atoms with Crippen molar-refractivity contribution < 1.29 is 29.4 Å². The molecule has 0 saturated carbocycles. The number of carbonyl (C=O) groups excluding carboxylic acids is 1. The maximum absolute atomic E-state index is 10.7. The van der Waals surface area contributed by atoms with Gasteiger partial charge in [-0.3, -0.25) is 0 Å². The molecule has 0 unspecified atom stereocenters. The molecule has 0 saturated heterocycles. The maximum Gasteiger partial charge on any atom is 0.288 e. The molecule has 0 aromatic heterocycles. The normalized spacial score (nSPS) is 11.8. The number of hydrogen-bond donors (Lipinski definition) is 1. The Morgan fingerprint density at radius 2 is 1.14 bits per heavy atom. The quantitative estimate of drug-likeness (QED) is 0.204. The summed E-state index contributed by atoms with van der Waals surface area (Å²) in [4.78, 5) is 10.7. The molecule has 0 aromatic rings. The van der Waals surface area contributed by atoms with Crippen LogP contribution in [0.25, 0.3) is 0 Å². The zero-order chi connectivity index (χ0) is 21.6. The van der Waals surface area contributed by atoms with Crippen LogP contribution >= 0.6 is 0 Å².